The SMILES string of the molecule is COc1cc(/C=N/Nc2ccc(Cl)cc2)cc(OC)c1OC. The summed E-state index contributed by atoms with van der Waals surface area (Å²) in [7, 11) is 4.71. The second-order valence-corrected chi connectivity index (χ2v) is 4.77. The lowest BCUT2D eigenvalue weighted by molar-refractivity contribution is 0.324. The third kappa shape index (κ3) is 3.83. The predicted octanol–water partition coefficient (Wildman–Crippen LogP) is 3.81. The van der Waals surface area contributed by atoms with Crippen LogP contribution in [0.3, 0.4) is 0 Å². The average Bonchev–Trinajstić information content (AvgIpc) is 2.55. The highest BCUT2D eigenvalue weighted by Crippen LogP contribution is 2.37. The van der Waals surface area contributed by atoms with Crippen molar-refractivity contribution in [3.05, 3.63) is 47.0 Å². The van der Waals surface area contributed by atoms with Crippen molar-refractivity contribution >= 4 is 23.5 Å². The first-order valence-corrected chi connectivity index (χ1v) is 6.90. The van der Waals surface area contributed by atoms with Gasteiger partial charge in [0.2, 0.25) is 5.75 Å². The van der Waals surface area contributed by atoms with E-state index in [1.165, 1.54) is 0 Å². The zero-order valence-corrected chi connectivity index (χ0v) is 13.3. The summed E-state index contributed by atoms with van der Waals surface area (Å²) >= 11 is 5.83. The van der Waals surface area contributed by atoms with Crippen LogP contribution in [0.1, 0.15) is 5.56 Å². The molecule has 0 aromatic heterocycles. The smallest absolute Gasteiger partial charge is 0.203 e. The van der Waals surface area contributed by atoms with Crippen LogP contribution in [0.5, 0.6) is 17.2 Å². The molecule has 0 aliphatic rings. The summed E-state index contributed by atoms with van der Waals surface area (Å²) in [4.78, 5) is 0. The molecule has 0 aliphatic carbocycles. The molecule has 0 heterocycles. The summed E-state index contributed by atoms with van der Waals surface area (Å²) < 4.78 is 15.9. The number of hydrogen-bond donors (Lipinski definition) is 1. The van der Waals surface area contributed by atoms with Crippen LogP contribution < -0.4 is 19.6 Å². The Kier molecular flexibility index (Phi) is 5.49. The normalized spacial score (nSPS) is 10.5. The van der Waals surface area contributed by atoms with E-state index in [2.05, 4.69) is 10.5 Å². The molecule has 0 atom stereocenters. The molecule has 22 heavy (non-hydrogen) atoms. The summed E-state index contributed by atoms with van der Waals surface area (Å²) in [5.74, 6) is 1.71. The van der Waals surface area contributed by atoms with E-state index in [4.69, 9.17) is 25.8 Å². The van der Waals surface area contributed by atoms with Crippen LogP contribution in [0.2, 0.25) is 5.02 Å². The molecule has 0 unspecified atom stereocenters. The molecule has 2 aromatic rings. The summed E-state index contributed by atoms with van der Waals surface area (Å²) in [5.41, 5.74) is 4.58. The van der Waals surface area contributed by atoms with E-state index in [-0.39, 0.29) is 0 Å². The first kappa shape index (κ1) is 16.0. The third-order valence-corrected chi connectivity index (χ3v) is 3.19. The van der Waals surface area contributed by atoms with Gasteiger partial charge < -0.3 is 14.2 Å². The minimum atomic E-state index is 0.549. The number of hydrogen-bond acceptors (Lipinski definition) is 5. The van der Waals surface area contributed by atoms with Gasteiger partial charge in [-0.05, 0) is 36.4 Å². The molecule has 0 amide bonds. The van der Waals surface area contributed by atoms with Crippen molar-refractivity contribution in [2.45, 2.75) is 0 Å². The van der Waals surface area contributed by atoms with Gasteiger partial charge in [0.1, 0.15) is 0 Å². The number of halogens is 1. The van der Waals surface area contributed by atoms with E-state index >= 15 is 0 Å². The quantitative estimate of drug-likeness (QED) is 0.649. The van der Waals surface area contributed by atoms with Crippen LogP contribution in [0.15, 0.2) is 41.5 Å². The van der Waals surface area contributed by atoms with Gasteiger partial charge in [-0.15, -0.1) is 0 Å². The standard InChI is InChI=1S/C16H17ClN2O3/c1-20-14-8-11(9-15(21-2)16(14)22-3)10-18-19-13-6-4-12(17)5-7-13/h4-10,19H,1-3H3/b18-10+. The monoisotopic (exact) mass is 320 g/mol. The molecule has 2 rings (SSSR count). The molecular weight excluding hydrogens is 304 g/mol. The Bertz CT molecular complexity index is 632. The third-order valence-electron chi connectivity index (χ3n) is 2.94. The maximum absolute atomic E-state index is 5.83. The number of benzene rings is 2. The first-order chi connectivity index (χ1) is 10.7. The largest absolute Gasteiger partial charge is 0.493 e. The fourth-order valence-corrected chi connectivity index (χ4v) is 2.01. The molecule has 1 N–H and O–H groups in total. The lowest BCUT2D eigenvalue weighted by Crippen LogP contribution is -1.97. The zero-order valence-electron chi connectivity index (χ0n) is 12.6. The number of hydrazone groups is 1. The lowest BCUT2D eigenvalue weighted by Gasteiger charge is -2.12. The topological polar surface area (TPSA) is 52.1 Å². The van der Waals surface area contributed by atoms with Crippen molar-refractivity contribution in [1.82, 2.24) is 0 Å². The number of methoxy groups -OCH3 is 3. The van der Waals surface area contributed by atoms with Gasteiger partial charge in [0.05, 0.1) is 33.2 Å². The average molecular weight is 321 g/mol. The molecule has 5 nitrogen and oxygen atoms in total. The zero-order chi connectivity index (χ0) is 15.9. The van der Waals surface area contributed by atoms with E-state index in [0.717, 1.165) is 11.3 Å². The number of nitrogens with zero attached hydrogens (tertiary/aromatic N) is 1. The minimum absolute atomic E-state index is 0.549. The molecule has 0 saturated carbocycles. The Morgan fingerprint density at radius 3 is 2.05 bits per heavy atom. The maximum Gasteiger partial charge on any atom is 0.203 e. The second kappa shape index (κ2) is 7.56. The highest BCUT2D eigenvalue weighted by atomic mass is 35.5. The Balaban J connectivity index is 2.18. The molecule has 0 aliphatic heterocycles. The fraction of sp³-hybridized carbons (Fsp3) is 0.188. The van der Waals surface area contributed by atoms with Crippen LogP contribution >= 0.6 is 11.6 Å². The summed E-state index contributed by atoms with van der Waals surface area (Å²) in [6, 6.07) is 10.9. The van der Waals surface area contributed by atoms with Crippen molar-refractivity contribution in [1.29, 1.82) is 0 Å². The van der Waals surface area contributed by atoms with E-state index in [9.17, 15) is 0 Å². The summed E-state index contributed by atoms with van der Waals surface area (Å²) in [6.45, 7) is 0. The van der Waals surface area contributed by atoms with E-state index in [1.54, 1.807) is 39.7 Å². The van der Waals surface area contributed by atoms with Gasteiger partial charge in [-0.2, -0.15) is 5.10 Å². The van der Waals surface area contributed by atoms with Crippen LogP contribution in [-0.2, 0) is 0 Å². The van der Waals surface area contributed by atoms with Gasteiger partial charge in [0.15, 0.2) is 11.5 Å². The first-order valence-electron chi connectivity index (χ1n) is 6.52. The molecule has 0 saturated heterocycles. The molecule has 6 heteroatoms. The Labute approximate surface area is 134 Å². The highest BCUT2D eigenvalue weighted by Gasteiger charge is 2.12. The Hall–Kier alpha value is -2.40. The van der Waals surface area contributed by atoms with Crippen molar-refractivity contribution in [3.8, 4) is 17.2 Å². The predicted molar refractivity (Wildman–Crippen MR) is 88.8 cm³/mol. The molecule has 0 bridgehead atoms. The number of ether oxygens (including phenoxy) is 3. The van der Waals surface area contributed by atoms with Gasteiger partial charge in [-0.1, -0.05) is 11.6 Å². The van der Waals surface area contributed by atoms with Crippen molar-refractivity contribution in [2.24, 2.45) is 5.10 Å². The van der Waals surface area contributed by atoms with Gasteiger partial charge in [-0.25, -0.2) is 0 Å². The summed E-state index contributed by atoms with van der Waals surface area (Å²) in [6.07, 6.45) is 1.67. The molecule has 2 aromatic carbocycles. The van der Waals surface area contributed by atoms with Gasteiger partial charge in [0, 0.05) is 10.6 Å². The van der Waals surface area contributed by atoms with E-state index in [1.807, 2.05) is 24.3 Å². The minimum Gasteiger partial charge on any atom is -0.493 e. The van der Waals surface area contributed by atoms with Gasteiger partial charge >= 0.3 is 0 Å². The van der Waals surface area contributed by atoms with Gasteiger partial charge in [0.25, 0.3) is 0 Å². The van der Waals surface area contributed by atoms with Gasteiger partial charge in [-0.3, -0.25) is 5.43 Å². The fourth-order valence-electron chi connectivity index (χ4n) is 1.88. The highest BCUT2D eigenvalue weighted by molar-refractivity contribution is 6.30. The Morgan fingerprint density at radius 1 is 0.955 bits per heavy atom. The number of anilines is 1. The number of nitrogens with one attached hydrogen (secondary N) is 1. The van der Waals surface area contributed by atoms with Crippen LogP contribution in [-0.4, -0.2) is 27.5 Å². The second-order valence-electron chi connectivity index (χ2n) is 4.34. The summed E-state index contributed by atoms with van der Waals surface area (Å²) in [5, 5.41) is 4.86. The van der Waals surface area contributed by atoms with Crippen LogP contribution in [0, 0.1) is 0 Å². The maximum atomic E-state index is 5.83. The molecular formula is C16H17ClN2O3. The van der Waals surface area contributed by atoms with Crippen molar-refractivity contribution in [2.75, 3.05) is 26.8 Å². The van der Waals surface area contributed by atoms with Crippen molar-refractivity contribution < 1.29 is 14.2 Å². The van der Waals surface area contributed by atoms with E-state index < -0.39 is 0 Å². The molecule has 0 fully saturated rings. The van der Waals surface area contributed by atoms with Crippen molar-refractivity contribution in [3.63, 3.8) is 0 Å². The molecule has 0 radical (unpaired) electrons. The van der Waals surface area contributed by atoms with E-state index in [0.29, 0.717) is 22.3 Å². The number of rotatable bonds is 6. The molecule has 0 spiro atoms. The lowest BCUT2D eigenvalue weighted by atomic mass is 10.2. The Morgan fingerprint density at radius 2 is 1.55 bits per heavy atom. The van der Waals surface area contributed by atoms with Crippen LogP contribution in [0.25, 0.3) is 0 Å². The molecule has 116 valence electrons. The van der Waals surface area contributed by atoms with Crippen LogP contribution in [0.4, 0.5) is 5.69 Å².